The standard InChI is InChI=1S/C33H34F3N5O/c1-20(22-4-3-5-26(16-22)33(34,35)36)38-31(42)24-10-11-28(21-6-7-21)29(17-24)23-8-9-25-19-37-32(40-30(25)18-23)39-27-12-14-41(2)15-13-27/h3-5,8-11,16-21,27H,6-7,12-15H2,1-2H3,(H,38,42)(H,37,39,40)/t20-/m1/s1. The zero-order valence-electron chi connectivity index (χ0n) is 23.7. The van der Waals surface area contributed by atoms with Gasteiger partial charge in [-0.2, -0.15) is 13.2 Å². The summed E-state index contributed by atoms with van der Waals surface area (Å²) < 4.78 is 39.6. The molecular weight excluding hydrogens is 539 g/mol. The first-order chi connectivity index (χ1) is 20.1. The first-order valence-electron chi connectivity index (χ1n) is 14.5. The van der Waals surface area contributed by atoms with Gasteiger partial charge < -0.3 is 15.5 Å². The highest BCUT2D eigenvalue weighted by Crippen LogP contribution is 2.45. The van der Waals surface area contributed by atoms with Gasteiger partial charge in [-0.3, -0.25) is 4.79 Å². The van der Waals surface area contributed by atoms with Crippen LogP contribution in [0.25, 0.3) is 22.0 Å². The number of anilines is 1. The summed E-state index contributed by atoms with van der Waals surface area (Å²) >= 11 is 0. The van der Waals surface area contributed by atoms with Gasteiger partial charge in [0, 0.05) is 23.2 Å². The van der Waals surface area contributed by atoms with Gasteiger partial charge in [0.25, 0.3) is 5.91 Å². The lowest BCUT2D eigenvalue weighted by molar-refractivity contribution is -0.137. The van der Waals surface area contributed by atoms with Crippen LogP contribution in [0.1, 0.15) is 71.6 Å². The van der Waals surface area contributed by atoms with E-state index < -0.39 is 17.8 Å². The third-order valence-corrected chi connectivity index (χ3v) is 8.34. The van der Waals surface area contributed by atoms with Crippen molar-refractivity contribution < 1.29 is 18.0 Å². The lowest BCUT2D eigenvalue weighted by atomic mass is 9.93. The minimum absolute atomic E-state index is 0.337. The van der Waals surface area contributed by atoms with Gasteiger partial charge in [0.1, 0.15) is 0 Å². The molecule has 0 radical (unpaired) electrons. The molecule has 0 unspecified atom stereocenters. The molecule has 1 aromatic heterocycles. The number of amides is 1. The molecule has 218 valence electrons. The van der Waals surface area contributed by atoms with Crippen LogP contribution in [0.2, 0.25) is 0 Å². The summed E-state index contributed by atoms with van der Waals surface area (Å²) in [6.45, 7) is 3.77. The number of benzene rings is 3. The smallest absolute Gasteiger partial charge is 0.351 e. The number of likely N-dealkylation sites (tertiary alicyclic amines) is 1. The number of nitrogens with one attached hydrogen (secondary N) is 2. The number of piperidine rings is 1. The molecule has 1 aliphatic heterocycles. The van der Waals surface area contributed by atoms with Crippen LogP contribution in [0.3, 0.4) is 0 Å². The van der Waals surface area contributed by atoms with Crippen molar-refractivity contribution in [2.75, 3.05) is 25.5 Å². The Bertz CT molecular complexity index is 1610. The lowest BCUT2D eigenvalue weighted by Gasteiger charge is -2.29. The monoisotopic (exact) mass is 573 g/mol. The predicted molar refractivity (Wildman–Crippen MR) is 158 cm³/mol. The van der Waals surface area contributed by atoms with E-state index in [2.05, 4.69) is 27.6 Å². The Balaban J connectivity index is 1.26. The van der Waals surface area contributed by atoms with Gasteiger partial charge in [-0.15, -0.1) is 0 Å². The molecule has 2 aliphatic rings. The van der Waals surface area contributed by atoms with Crippen LogP contribution in [0.4, 0.5) is 19.1 Å². The predicted octanol–water partition coefficient (Wildman–Crippen LogP) is 7.19. The maximum absolute atomic E-state index is 13.3. The van der Waals surface area contributed by atoms with Crippen molar-refractivity contribution in [3.63, 3.8) is 0 Å². The van der Waals surface area contributed by atoms with Crippen LogP contribution in [-0.4, -0.2) is 47.0 Å². The zero-order chi connectivity index (χ0) is 29.4. The number of aromatic nitrogens is 2. The number of hydrogen-bond acceptors (Lipinski definition) is 5. The average molecular weight is 574 g/mol. The molecule has 1 atom stereocenters. The number of fused-ring (bicyclic) bond motifs is 1. The van der Waals surface area contributed by atoms with E-state index in [0.717, 1.165) is 72.9 Å². The Morgan fingerprint density at radius 3 is 2.52 bits per heavy atom. The highest BCUT2D eigenvalue weighted by Gasteiger charge is 2.31. The van der Waals surface area contributed by atoms with Crippen molar-refractivity contribution in [3.05, 3.63) is 89.1 Å². The van der Waals surface area contributed by atoms with Crippen LogP contribution in [0, 0.1) is 0 Å². The normalized spacial score (nSPS) is 17.3. The van der Waals surface area contributed by atoms with E-state index in [1.165, 1.54) is 11.6 Å². The van der Waals surface area contributed by atoms with E-state index in [-0.39, 0.29) is 5.91 Å². The second-order valence-electron chi connectivity index (χ2n) is 11.6. The van der Waals surface area contributed by atoms with Gasteiger partial charge in [-0.25, -0.2) is 9.97 Å². The van der Waals surface area contributed by atoms with E-state index in [1.807, 2.05) is 36.5 Å². The number of carbonyl (C=O) groups is 1. The lowest BCUT2D eigenvalue weighted by Crippen LogP contribution is -2.37. The molecule has 2 N–H and O–H groups in total. The van der Waals surface area contributed by atoms with Gasteiger partial charge in [0.05, 0.1) is 17.1 Å². The SMILES string of the molecule is C[C@@H](NC(=O)c1ccc(C2CC2)c(-c2ccc3cnc(NC4CCN(C)CC4)nc3c2)c1)c1cccc(C(F)(F)F)c1. The molecule has 3 aromatic carbocycles. The Labute approximate surface area is 243 Å². The Hall–Kier alpha value is -3.98. The van der Waals surface area contributed by atoms with Crippen LogP contribution >= 0.6 is 0 Å². The molecule has 42 heavy (non-hydrogen) atoms. The first kappa shape index (κ1) is 28.2. The van der Waals surface area contributed by atoms with Gasteiger partial charge in [0.2, 0.25) is 5.95 Å². The maximum atomic E-state index is 13.3. The quantitative estimate of drug-likeness (QED) is 0.245. The Morgan fingerprint density at radius 2 is 1.79 bits per heavy atom. The topological polar surface area (TPSA) is 70.2 Å². The molecule has 1 aliphatic carbocycles. The molecule has 0 bridgehead atoms. The van der Waals surface area contributed by atoms with Crippen molar-refractivity contribution in [2.45, 2.75) is 56.8 Å². The Kier molecular flexibility index (Phi) is 7.62. The van der Waals surface area contributed by atoms with Crippen LogP contribution in [-0.2, 0) is 6.18 Å². The fourth-order valence-electron chi connectivity index (χ4n) is 5.64. The summed E-state index contributed by atoms with van der Waals surface area (Å²) in [6.07, 6.45) is 1.69. The van der Waals surface area contributed by atoms with E-state index >= 15 is 0 Å². The van der Waals surface area contributed by atoms with Crippen molar-refractivity contribution in [2.24, 2.45) is 0 Å². The van der Waals surface area contributed by atoms with Gasteiger partial charge >= 0.3 is 6.18 Å². The number of halogens is 3. The van der Waals surface area contributed by atoms with Crippen LogP contribution < -0.4 is 10.6 Å². The molecule has 1 amide bonds. The highest BCUT2D eigenvalue weighted by atomic mass is 19.4. The van der Waals surface area contributed by atoms with E-state index in [1.54, 1.807) is 19.1 Å². The molecule has 6 nitrogen and oxygen atoms in total. The number of rotatable bonds is 7. The fraction of sp³-hybridized carbons (Fsp3) is 0.364. The third kappa shape index (κ3) is 6.26. The van der Waals surface area contributed by atoms with Crippen molar-refractivity contribution in [1.29, 1.82) is 0 Å². The van der Waals surface area contributed by atoms with Crippen LogP contribution in [0.15, 0.2) is 66.9 Å². The van der Waals surface area contributed by atoms with E-state index in [4.69, 9.17) is 4.98 Å². The molecule has 9 heteroatoms. The van der Waals surface area contributed by atoms with Gasteiger partial charge in [-0.1, -0.05) is 30.3 Å². The molecule has 6 rings (SSSR count). The number of hydrogen-bond donors (Lipinski definition) is 2. The maximum Gasteiger partial charge on any atom is 0.416 e. The van der Waals surface area contributed by atoms with Crippen molar-refractivity contribution in [1.82, 2.24) is 20.2 Å². The highest BCUT2D eigenvalue weighted by molar-refractivity contribution is 5.96. The second-order valence-corrected chi connectivity index (χ2v) is 11.6. The van der Waals surface area contributed by atoms with Gasteiger partial charge in [-0.05, 0) is 111 Å². The largest absolute Gasteiger partial charge is 0.416 e. The minimum Gasteiger partial charge on any atom is -0.351 e. The molecule has 0 spiro atoms. The summed E-state index contributed by atoms with van der Waals surface area (Å²) in [5, 5.41) is 7.30. The van der Waals surface area contributed by atoms with E-state index in [9.17, 15) is 18.0 Å². The number of alkyl halides is 3. The molecule has 1 saturated heterocycles. The minimum atomic E-state index is -4.44. The summed E-state index contributed by atoms with van der Waals surface area (Å²) in [7, 11) is 2.13. The molecule has 2 fully saturated rings. The fourth-order valence-corrected chi connectivity index (χ4v) is 5.64. The Morgan fingerprint density at radius 1 is 1.00 bits per heavy atom. The molecular formula is C33H34F3N5O. The van der Waals surface area contributed by atoms with E-state index in [0.29, 0.717) is 29.0 Å². The zero-order valence-corrected chi connectivity index (χ0v) is 23.7. The summed E-state index contributed by atoms with van der Waals surface area (Å²) in [5.74, 6) is 0.730. The molecule has 1 saturated carbocycles. The summed E-state index contributed by atoms with van der Waals surface area (Å²) in [4.78, 5) is 25.0. The first-order valence-corrected chi connectivity index (χ1v) is 14.5. The number of nitrogens with zero attached hydrogens (tertiary/aromatic N) is 3. The van der Waals surface area contributed by atoms with Crippen LogP contribution in [0.5, 0.6) is 0 Å². The average Bonchev–Trinajstić information content (AvgIpc) is 3.83. The molecule has 4 aromatic rings. The summed E-state index contributed by atoms with van der Waals surface area (Å²) in [5.41, 5.74) is 4.08. The second kappa shape index (κ2) is 11.4. The third-order valence-electron chi connectivity index (χ3n) is 8.34. The van der Waals surface area contributed by atoms with Crippen molar-refractivity contribution in [3.8, 4) is 11.1 Å². The number of carbonyl (C=O) groups excluding carboxylic acids is 1. The van der Waals surface area contributed by atoms with Crippen molar-refractivity contribution >= 4 is 22.8 Å². The van der Waals surface area contributed by atoms with Gasteiger partial charge in [0.15, 0.2) is 0 Å². The summed E-state index contributed by atoms with van der Waals surface area (Å²) in [6, 6.07) is 16.6. The molecule has 2 heterocycles.